The van der Waals surface area contributed by atoms with E-state index < -0.39 is 0 Å². The molecule has 0 radical (unpaired) electrons. The fraction of sp³-hybridized carbons (Fsp3) is 0. The Morgan fingerprint density at radius 3 is 0.748 bits per heavy atom. The van der Waals surface area contributed by atoms with E-state index in [0.29, 0.717) is 0 Å². The van der Waals surface area contributed by atoms with E-state index >= 15 is 0 Å². The van der Waals surface area contributed by atoms with Gasteiger partial charge in [0.25, 0.3) is 0 Å². The third-order valence-electron chi connectivity index (χ3n) is 29.7. The Kier molecular flexibility index (Phi) is 22.5. The van der Waals surface area contributed by atoms with E-state index in [1.165, 1.54) is 261 Å². The summed E-state index contributed by atoms with van der Waals surface area (Å²) in [4.78, 5) is 5.15. The molecule has 0 aliphatic rings. The fourth-order valence-corrected chi connectivity index (χ4v) is 24.6. The molecule has 0 aliphatic heterocycles. The molecular weight excluding hydrogens is 1810 g/mol. The molecule has 0 atom stereocenters. The highest BCUT2D eigenvalue weighted by molar-refractivity contribution is 7.19. The first-order chi connectivity index (χ1) is 72.9. The molecule has 3 aromatic heterocycles. The molecule has 147 heavy (non-hydrogen) atoms. The molecular formula is C144H92OS2. The minimum atomic E-state index is 0.917. The van der Waals surface area contributed by atoms with Crippen molar-refractivity contribution in [3.05, 3.63) is 558 Å². The average molecular weight is 1900 g/mol. The molecule has 29 rings (SSSR count). The van der Waals surface area contributed by atoms with Crippen LogP contribution in [-0.2, 0) is 0 Å². The quantitative estimate of drug-likeness (QED) is 0.0989. The Morgan fingerprint density at radius 1 is 0.109 bits per heavy atom. The summed E-state index contributed by atoms with van der Waals surface area (Å²) in [6.07, 6.45) is 0. The van der Waals surface area contributed by atoms with Crippen molar-refractivity contribution in [1.82, 2.24) is 0 Å². The van der Waals surface area contributed by atoms with Gasteiger partial charge in [0.2, 0.25) is 0 Å². The normalized spacial score (nSPS) is 11.5. The molecule has 0 amide bonds. The van der Waals surface area contributed by atoms with Crippen molar-refractivity contribution in [2.75, 3.05) is 0 Å². The van der Waals surface area contributed by atoms with Crippen LogP contribution in [0.1, 0.15) is 0 Å². The first kappa shape index (κ1) is 87.5. The summed E-state index contributed by atoms with van der Waals surface area (Å²) in [5, 5.41) is 27.5. The number of hydrogen-bond acceptors (Lipinski definition) is 3. The van der Waals surface area contributed by atoms with Crippen molar-refractivity contribution in [3.63, 3.8) is 0 Å². The van der Waals surface area contributed by atoms with E-state index in [-0.39, 0.29) is 0 Å². The molecule has 3 heterocycles. The third-order valence-corrected chi connectivity index (χ3v) is 32.0. The Bertz CT molecular complexity index is 10100. The average Bonchev–Trinajstić information content (AvgIpc) is 1.45. The maximum absolute atomic E-state index is 6.10. The molecule has 0 bridgehead atoms. The third kappa shape index (κ3) is 16.3. The SMILES string of the molecule is c1ccc(-c2ccc(-c3ccc(-c4ccc5c(-c6cccc7ccccc67)c6ccccc6c(-c6cccc7ccccc67)c5c4)cc3)s2)cc1.c1ccc(-c2ccc(-c3ccc(-c4ccc5c(-c6ccccc6)c6ccccc6c(-c6ccccc6)c5c4)cc3)s2)cc1.c1ccc2cc(-c3c4ccccc4c(-c4ccc5ccccc5c4)c4cc(-c5ccc(-c6ccc7oc8ccccc8c7c6)cc5)ccc34)ccc2c1. The van der Waals surface area contributed by atoms with Gasteiger partial charge in [0.15, 0.2) is 0 Å². The minimum absolute atomic E-state index is 0.917. The Balaban J connectivity index is 0.000000110. The van der Waals surface area contributed by atoms with Gasteiger partial charge in [0.1, 0.15) is 11.2 Å². The Hall–Kier alpha value is -18.5. The van der Waals surface area contributed by atoms with Crippen LogP contribution in [0.4, 0.5) is 0 Å². The first-order valence-corrected chi connectivity index (χ1v) is 52.1. The molecule has 0 aliphatic carbocycles. The minimum Gasteiger partial charge on any atom is -0.456 e. The maximum atomic E-state index is 6.10. The lowest BCUT2D eigenvalue weighted by Gasteiger charge is -2.20. The van der Waals surface area contributed by atoms with Crippen LogP contribution >= 0.6 is 22.7 Å². The zero-order valence-corrected chi connectivity index (χ0v) is 82.0. The Labute approximate surface area is 861 Å². The molecule has 686 valence electrons. The number of thiophene rings is 2. The highest BCUT2D eigenvalue weighted by Gasteiger charge is 2.25. The second kappa shape index (κ2) is 37.8. The van der Waals surface area contributed by atoms with Crippen LogP contribution in [0.3, 0.4) is 0 Å². The number of hydrogen-bond donors (Lipinski definition) is 0. The molecule has 29 aromatic rings. The van der Waals surface area contributed by atoms with E-state index in [1.807, 2.05) is 34.8 Å². The zero-order valence-electron chi connectivity index (χ0n) is 80.3. The summed E-state index contributed by atoms with van der Waals surface area (Å²) in [5.41, 5.74) is 31.6. The van der Waals surface area contributed by atoms with Crippen LogP contribution in [0.15, 0.2) is 563 Å². The molecule has 0 fully saturated rings. The number of para-hydroxylation sites is 1. The largest absolute Gasteiger partial charge is 0.456 e. The first-order valence-electron chi connectivity index (χ1n) is 50.4. The zero-order chi connectivity index (χ0) is 97.2. The van der Waals surface area contributed by atoms with Gasteiger partial charge < -0.3 is 4.42 Å². The van der Waals surface area contributed by atoms with E-state index in [0.717, 1.165) is 21.9 Å². The monoisotopic (exact) mass is 1900 g/mol. The summed E-state index contributed by atoms with van der Waals surface area (Å²) in [6, 6.07) is 204. The van der Waals surface area contributed by atoms with Gasteiger partial charge in [-0.2, -0.15) is 0 Å². The van der Waals surface area contributed by atoms with Crippen molar-refractivity contribution >= 4 is 152 Å². The molecule has 0 spiro atoms. The summed E-state index contributed by atoms with van der Waals surface area (Å²) >= 11 is 3.69. The maximum Gasteiger partial charge on any atom is 0.135 e. The predicted molar refractivity (Wildman–Crippen MR) is 634 cm³/mol. The molecule has 3 heteroatoms. The number of fused-ring (bicyclic) bond motifs is 13. The molecule has 26 aromatic carbocycles. The summed E-state index contributed by atoms with van der Waals surface area (Å²) in [6.45, 7) is 0. The summed E-state index contributed by atoms with van der Waals surface area (Å²) in [7, 11) is 0. The van der Waals surface area contributed by atoms with Gasteiger partial charge in [0.05, 0.1) is 0 Å². The van der Waals surface area contributed by atoms with Crippen molar-refractivity contribution < 1.29 is 4.42 Å². The molecule has 0 N–H and O–H groups in total. The number of rotatable bonds is 14. The highest BCUT2D eigenvalue weighted by Crippen LogP contribution is 2.53. The van der Waals surface area contributed by atoms with E-state index in [2.05, 4.69) is 546 Å². The summed E-state index contributed by atoms with van der Waals surface area (Å²) in [5.74, 6) is 0. The standard InChI is InChI=1S/C52H32O.C50H32S.C42H28S/c1-3-11-37-29-41(23-21-33(37)9-1)51-44-14-5-6-15-45(44)52(42-24-22-34-10-2-4-12-38(34)30-42)48-32-39(25-27-46(48)51)35-17-19-36(20-18-35)40-26-28-50-47(31-40)43-13-7-8-16-49(43)53-50;1-2-14-36(15-3-1)47-30-31-48(51-47)37-26-24-33(25-27-37)38-28-29-45-46(32-38)50(42-23-11-17-35-13-5-7-19-40(35)42)44-21-9-8-20-43(44)49(45)41-22-10-16-34-12-4-6-18-39(34)41;1-4-12-30(13-5-1)39-26-27-40(43-39)31-22-20-29(21-23-31)34-24-25-37-38(28-34)42(33-16-8-3-9-17-33)36-19-11-10-18-35(36)41(37)32-14-6-2-7-15-32/h1-32H;1-32H;1-28H. The second-order valence-corrected chi connectivity index (χ2v) is 40.3. The van der Waals surface area contributed by atoms with Gasteiger partial charge in [-0.1, -0.05) is 485 Å². The van der Waals surface area contributed by atoms with Crippen LogP contribution < -0.4 is 0 Å². The van der Waals surface area contributed by atoms with E-state index in [9.17, 15) is 0 Å². The van der Waals surface area contributed by atoms with Gasteiger partial charge in [-0.3, -0.25) is 0 Å². The topological polar surface area (TPSA) is 13.1 Å². The van der Waals surface area contributed by atoms with Gasteiger partial charge in [-0.15, -0.1) is 22.7 Å². The molecule has 0 unspecified atom stereocenters. The van der Waals surface area contributed by atoms with Crippen molar-refractivity contribution in [3.8, 4) is 153 Å². The lowest BCUT2D eigenvalue weighted by molar-refractivity contribution is 0.669. The van der Waals surface area contributed by atoms with Gasteiger partial charge >= 0.3 is 0 Å². The molecule has 1 nitrogen and oxygen atoms in total. The van der Waals surface area contributed by atoms with Gasteiger partial charge in [-0.05, 0) is 314 Å². The number of benzene rings is 26. The van der Waals surface area contributed by atoms with Gasteiger partial charge in [-0.25, -0.2) is 0 Å². The van der Waals surface area contributed by atoms with Crippen LogP contribution in [0, 0.1) is 0 Å². The highest BCUT2D eigenvalue weighted by atomic mass is 32.1. The summed E-state index contributed by atoms with van der Waals surface area (Å²) < 4.78 is 6.10. The van der Waals surface area contributed by atoms with E-state index in [4.69, 9.17) is 4.42 Å². The van der Waals surface area contributed by atoms with Crippen molar-refractivity contribution in [2.45, 2.75) is 0 Å². The lowest BCUT2D eigenvalue weighted by atomic mass is 9.83. The molecule has 0 saturated carbocycles. The second-order valence-electron chi connectivity index (χ2n) is 38.2. The van der Waals surface area contributed by atoms with Crippen LogP contribution in [0.25, 0.3) is 283 Å². The number of furan rings is 1. The van der Waals surface area contributed by atoms with E-state index in [1.54, 1.807) is 0 Å². The van der Waals surface area contributed by atoms with Crippen molar-refractivity contribution in [2.24, 2.45) is 0 Å². The predicted octanol–water partition coefficient (Wildman–Crippen LogP) is 42.0. The smallest absolute Gasteiger partial charge is 0.135 e. The van der Waals surface area contributed by atoms with Crippen LogP contribution in [0.2, 0.25) is 0 Å². The molecule has 0 saturated heterocycles. The van der Waals surface area contributed by atoms with Crippen LogP contribution in [-0.4, -0.2) is 0 Å². The van der Waals surface area contributed by atoms with Gasteiger partial charge in [0, 0.05) is 30.3 Å². The Morgan fingerprint density at radius 2 is 0.347 bits per heavy atom. The van der Waals surface area contributed by atoms with Crippen molar-refractivity contribution in [1.29, 1.82) is 0 Å². The van der Waals surface area contributed by atoms with Crippen LogP contribution in [0.5, 0.6) is 0 Å². The lowest BCUT2D eigenvalue weighted by Crippen LogP contribution is -1.93. The fourth-order valence-electron chi connectivity index (χ4n) is 22.6.